The molecular weight excluding hydrogens is 292 g/mol. The molecule has 0 spiro atoms. The van der Waals surface area contributed by atoms with Crippen LogP contribution in [0.25, 0.3) is 0 Å². The summed E-state index contributed by atoms with van der Waals surface area (Å²) in [6, 6.07) is 18.4. The molecule has 0 atom stereocenters. The summed E-state index contributed by atoms with van der Waals surface area (Å²) in [5.41, 5.74) is 5.76. The molecule has 2 nitrogen and oxygen atoms in total. The topological polar surface area (TPSA) is 0 Å². The zero-order chi connectivity index (χ0) is 16.6. The number of quaternary nitrogens is 2. The van der Waals surface area contributed by atoms with Gasteiger partial charge in [0.1, 0.15) is 52.4 Å². The highest BCUT2D eigenvalue weighted by Crippen LogP contribution is 2.30. The Bertz CT molecular complexity index is 612. The molecule has 0 amide bonds. The highest BCUT2D eigenvalue weighted by atomic mass is 15.5. The SMILES string of the molecule is Cc1ccc(C[N+]23CC[N+](Cc4ccc(C)cc4)(CC2)CC3)cc1. The lowest BCUT2D eigenvalue weighted by Crippen LogP contribution is -2.74. The van der Waals surface area contributed by atoms with Gasteiger partial charge in [0.15, 0.2) is 0 Å². The van der Waals surface area contributed by atoms with Crippen molar-refractivity contribution in [3.05, 3.63) is 70.8 Å². The van der Waals surface area contributed by atoms with Crippen molar-refractivity contribution in [1.82, 2.24) is 0 Å². The summed E-state index contributed by atoms with van der Waals surface area (Å²) >= 11 is 0. The van der Waals surface area contributed by atoms with E-state index < -0.39 is 0 Å². The van der Waals surface area contributed by atoms with E-state index in [4.69, 9.17) is 0 Å². The Morgan fingerprint density at radius 3 is 1.12 bits per heavy atom. The second-order valence-corrected chi connectivity index (χ2v) is 8.31. The molecule has 0 radical (unpaired) electrons. The molecule has 126 valence electrons. The summed E-state index contributed by atoms with van der Waals surface area (Å²) in [6.45, 7) is 14.9. The molecular formula is C22H30N2+2. The number of fused-ring (bicyclic) bond motifs is 3. The minimum absolute atomic E-state index is 1.23. The minimum atomic E-state index is 1.23. The van der Waals surface area contributed by atoms with Gasteiger partial charge in [-0.15, -0.1) is 0 Å². The molecule has 2 aromatic carbocycles. The highest BCUT2D eigenvalue weighted by molar-refractivity contribution is 5.21. The Morgan fingerprint density at radius 1 is 0.542 bits per heavy atom. The van der Waals surface area contributed by atoms with Crippen molar-refractivity contribution in [2.45, 2.75) is 26.9 Å². The zero-order valence-corrected chi connectivity index (χ0v) is 15.2. The van der Waals surface area contributed by atoms with Crippen LogP contribution < -0.4 is 0 Å². The minimum Gasteiger partial charge on any atom is -0.306 e. The van der Waals surface area contributed by atoms with Crippen molar-refractivity contribution in [3.63, 3.8) is 0 Å². The number of rotatable bonds is 4. The fourth-order valence-electron chi connectivity index (χ4n) is 4.58. The van der Waals surface area contributed by atoms with Crippen molar-refractivity contribution in [2.75, 3.05) is 39.3 Å². The molecule has 2 bridgehead atoms. The summed E-state index contributed by atoms with van der Waals surface area (Å²) < 4.78 is 2.63. The van der Waals surface area contributed by atoms with Crippen molar-refractivity contribution in [2.24, 2.45) is 0 Å². The van der Waals surface area contributed by atoms with Gasteiger partial charge in [-0.25, -0.2) is 0 Å². The molecule has 0 unspecified atom stereocenters. The van der Waals surface area contributed by atoms with Crippen LogP contribution in [0.15, 0.2) is 48.5 Å². The van der Waals surface area contributed by atoms with Gasteiger partial charge in [-0.05, 0) is 13.8 Å². The maximum atomic E-state index is 2.33. The Hall–Kier alpha value is -1.64. The van der Waals surface area contributed by atoms with E-state index in [0.29, 0.717) is 0 Å². The first-order valence-electron chi connectivity index (χ1n) is 9.38. The Kier molecular flexibility index (Phi) is 3.98. The molecule has 3 heterocycles. The summed E-state index contributed by atoms with van der Waals surface area (Å²) in [5.74, 6) is 0. The lowest BCUT2D eigenvalue weighted by molar-refractivity contribution is -1.09. The average Bonchev–Trinajstić information content (AvgIpc) is 2.61. The number of nitrogens with zero attached hydrogens (tertiary/aromatic N) is 2. The Labute approximate surface area is 146 Å². The van der Waals surface area contributed by atoms with Gasteiger partial charge >= 0.3 is 0 Å². The first-order chi connectivity index (χ1) is 11.6. The van der Waals surface area contributed by atoms with Crippen LogP contribution in [0.3, 0.4) is 0 Å². The van der Waals surface area contributed by atoms with Crippen LogP contribution in [0.2, 0.25) is 0 Å². The number of hydrogen-bond donors (Lipinski definition) is 0. The first-order valence-corrected chi connectivity index (χ1v) is 9.38. The molecule has 2 aromatic rings. The van der Waals surface area contributed by atoms with E-state index >= 15 is 0 Å². The number of piperazine rings is 3. The largest absolute Gasteiger partial charge is 0.306 e. The smallest absolute Gasteiger partial charge is 0.129 e. The molecule has 5 rings (SSSR count). The average molecular weight is 322 g/mol. The third-order valence-corrected chi connectivity index (χ3v) is 6.42. The van der Waals surface area contributed by atoms with Crippen molar-refractivity contribution >= 4 is 0 Å². The Balaban J connectivity index is 1.43. The van der Waals surface area contributed by atoms with Crippen LogP contribution >= 0.6 is 0 Å². The normalized spacial score (nSPS) is 28.9. The molecule has 0 aromatic heterocycles. The highest BCUT2D eigenvalue weighted by Gasteiger charge is 2.48. The van der Waals surface area contributed by atoms with Gasteiger partial charge in [-0.2, -0.15) is 0 Å². The molecule has 0 aliphatic carbocycles. The summed E-state index contributed by atoms with van der Waals surface area (Å²) in [7, 11) is 0. The van der Waals surface area contributed by atoms with Crippen molar-refractivity contribution in [3.8, 4) is 0 Å². The molecule has 0 saturated carbocycles. The zero-order valence-electron chi connectivity index (χ0n) is 15.2. The maximum Gasteiger partial charge on any atom is 0.129 e. The quantitative estimate of drug-likeness (QED) is 0.754. The summed E-state index contributed by atoms with van der Waals surface area (Å²) in [6.07, 6.45) is 0. The molecule has 3 fully saturated rings. The van der Waals surface area contributed by atoms with E-state index in [1.54, 1.807) is 0 Å². The molecule has 3 aliphatic heterocycles. The van der Waals surface area contributed by atoms with Gasteiger partial charge in [0.2, 0.25) is 0 Å². The lowest BCUT2D eigenvalue weighted by Gasteiger charge is -2.55. The number of aryl methyl sites for hydroxylation is 2. The van der Waals surface area contributed by atoms with E-state index in [0.717, 1.165) is 0 Å². The third kappa shape index (κ3) is 3.13. The maximum absolute atomic E-state index is 2.33. The molecule has 24 heavy (non-hydrogen) atoms. The van der Waals surface area contributed by atoms with Crippen molar-refractivity contribution in [1.29, 1.82) is 0 Å². The monoisotopic (exact) mass is 322 g/mol. The molecule has 3 aliphatic rings. The van der Waals surface area contributed by atoms with Crippen LogP contribution in [0.5, 0.6) is 0 Å². The summed E-state index contributed by atoms with van der Waals surface area (Å²) in [4.78, 5) is 0. The third-order valence-electron chi connectivity index (χ3n) is 6.42. The Morgan fingerprint density at radius 2 is 0.833 bits per heavy atom. The summed E-state index contributed by atoms with van der Waals surface area (Å²) in [5, 5.41) is 0. The second-order valence-electron chi connectivity index (χ2n) is 8.31. The van der Waals surface area contributed by atoms with Crippen LogP contribution in [0.1, 0.15) is 22.3 Å². The van der Waals surface area contributed by atoms with E-state index in [2.05, 4.69) is 62.4 Å². The number of benzene rings is 2. The standard InChI is InChI=1S/C22H30N2/c1-19-3-7-21(8-4-19)17-23-11-14-24(15-12-23,16-13-23)18-22-9-5-20(2)6-10-22/h3-10H,11-18H2,1-2H3/q+2. The van der Waals surface area contributed by atoms with Crippen molar-refractivity contribution < 1.29 is 8.97 Å². The van der Waals surface area contributed by atoms with E-state index in [1.807, 2.05) is 0 Å². The van der Waals surface area contributed by atoms with E-state index in [-0.39, 0.29) is 0 Å². The molecule has 3 saturated heterocycles. The fourth-order valence-corrected chi connectivity index (χ4v) is 4.58. The van der Waals surface area contributed by atoms with Gasteiger partial charge in [0.05, 0.1) is 0 Å². The van der Waals surface area contributed by atoms with Gasteiger partial charge < -0.3 is 8.97 Å². The van der Waals surface area contributed by atoms with Crippen LogP contribution in [-0.4, -0.2) is 48.2 Å². The van der Waals surface area contributed by atoms with Crippen LogP contribution in [0.4, 0.5) is 0 Å². The number of hydrogen-bond acceptors (Lipinski definition) is 0. The second kappa shape index (κ2) is 6.02. The van der Waals surface area contributed by atoms with E-state index in [1.165, 1.54) is 83.6 Å². The molecule has 0 N–H and O–H groups in total. The lowest BCUT2D eigenvalue weighted by atomic mass is 10.0. The van der Waals surface area contributed by atoms with Gasteiger partial charge in [-0.1, -0.05) is 59.7 Å². The van der Waals surface area contributed by atoms with Crippen LogP contribution in [-0.2, 0) is 13.1 Å². The fraction of sp³-hybridized carbons (Fsp3) is 0.455. The first kappa shape index (κ1) is 15.9. The molecule has 2 heteroatoms. The van der Waals surface area contributed by atoms with Crippen LogP contribution in [0, 0.1) is 13.8 Å². The predicted molar refractivity (Wildman–Crippen MR) is 99.5 cm³/mol. The van der Waals surface area contributed by atoms with E-state index in [9.17, 15) is 0 Å². The predicted octanol–water partition coefficient (Wildman–Crippen LogP) is 3.66. The van der Waals surface area contributed by atoms with Gasteiger partial charge in [0.25, 0.3) is 0 Å². The van der Waals surface area contributed by atoms with Gasteiger partial charge in [-0.3, -0.25) is 0 Å². The van der Waals surface area contributed by atoms with Gasteiger partial charge in [0, 0.05) is 11.1 Å².